The number of hydrogen-bond acceptors (Lipinski definition) is 5. The van der Waals surface area contributed by atoms with E-state index in [9.17, 15) is 18.8 Å². The van der Waals surface area contributed by atoms with Gasteiger partial charge in [-0.1, -0.05) is 36.4 Å². The van der Waals surface area contributed by atoms with Crippen LogP contribution >= 0.6 is 0 Å². The first kappa shape index (κ1) is 21.6. The van der Waals surface area contributed by atoms with Crippen LogP contribution in [0.3, 0.4) is 0 Å². The van der Waals surface area contributed by atoms with Crippen molar-refractivity contribution in [3.05, 3.63) is 124 Å². The molecule has 0 atom stereocenters. The third-order valence-corrected chi connectivity index (χ3v) is 4.67. The maximum absolute atomic E-state index is 13.2. The predicted molar refractivity (Wildman–Crippen MR) is 120 cm³/mol. The van der Waals surface area contributed by atoms with Crippen molar-refractivity contribution in [2.75, 3.05) is 5.32 Å². The molecule has 1 aromatic heterocycles. The quantitative estimate of drug-likeness (QED) is 0.455. The fourth-order valence-corrected chi connectivity index (χ4v) is 3.03. The van der Waals surface area contributed by atoms with E-state index in [1.165, 1.54) is 42.5 Å². The van der Waals surface area contributed by atoms with Crippen LogP contribution in [0.4, 0.5) is 10.1 Å². The molecule has 1 heterocycles. The van der Waals surface area contributed by atoms with E-state index in [0.29, 0.717) is 11.4 Å². The summed E-state index contributed by atoms with van der Waals surface area (Å²) in [5.74, 6) is -1.57. The number of carbonyl (C=O) groups is 2. The molecule has 0 radical (unpaired) electrons. The van der Waals surface area contributed by atoms with Gasteiger partial charge in [-0.3, -0.25) is 9.59 Å². The average molecular weight is 443 g/mol. The Kier molecular flexibility index (Phi) is 6.36. The molecule has 164 valence electrons. The summed E-state index contributed by atoms with van der Waals surface area (Å²) in [6, 6.07) is 23.2. The number of rotatable bonds is 6. The van der Waals surface area contributed by atoms with Gasteiger partial charge >= 0.3 is 5.97 Å². The summed E-state index contributed by atoms with van der Waals surface area (Å²) < 4.78 is 19.5. The molecule has 0 fully saturated rings. The van der Waals surface area contributed by atoms with Crippen LogP contribution in [0.5, 0.6) is 0 Å². The lowest BCUT2D eigenvalue weighted by atomic mass is 10.2. The molecule has 0 aliphatic rings. The second-order valence-corrected chi connectivity index (χ2v) is 7.04. The van der Waals surface area contributed by atoms with Gasteiger partial charge in [0.1, 0.15) is 18.1 Å². The van der Waals surface area contributed by atoms with Gasteiger partial charge in [0.15, 0.2) is 0 Å². The van der Waals surface area contributed by atoms with Crippen molar-refractivity contribution in [2.45, 2.75) is 6.61 Å². The first-order chi connectivity index (χ1) is 16.0. The van der Waals surface area contributed by atoms with Crippen LogP contribution < -0.4 is 10.9 Å². The molecule has 33 heavy (non-hydrogen) atoms. The number of esters is 1. The van der Waals surface area contributed by atoms with E-state index in [1.807, 2.05) is 30.3 Å². The van der Waals surface area contributed by atoms with Crippen molar-refractivity contribution in [2.24, 2.45) is 0 Å². The summed E-state index contributed by atoms with van der Waals surface area (Å²) in [7, 11) is 0. The minimum absolute atomic E-state index is 0.0315. The number of carbonyl (C=O) groups excluding carboxylic acids is 2. The molecule has 0 aliphatic heterocycles. The fourth-order valence-electron chi connectivity index (χ4n) is 3.03. The molecule has 0 saturated carbocycles. The van der Waals surface area contributed by atoms with E-state index in [2.05, 4.69) is 10.4 Å². The zero-order valence-electron chi connectivity index (χ0n) is 17.3. The monoisotopic (exact) mass is 443 g/mol. The van der Waals surface area contributed by atoms with Crippen LogP contribution in [-0.4, -0.2) is 21.7 Å². The van der Waals surface area contributed by atoms with Crippen LogP contribution in [0.1, 0.15) is 26.4 Å². The van der Waals surface area contributed by atoms with Gasteiger partial charge in [-0.15, -0.1) is 0 Å². The normalized spacial score (nSPS) is 10.5. The molecule has 0 bridgehead atoms. The van der Waals surface area contributed by atoms with Gasteiger partial charge in [0.25, 0.3) is 11.5 Å². The van der Waals surface area contributed by atoms with E-state index in [-0.39, 0.29) is 17.9 Å². The van der Waals surface area contributed by atoms with Crippen molar-refractivity contribution in [3.8, 4) is 5.69 Å². The van der Waals surface area contributed by atoms with E-state index in [1.54, 1.807) is 18.2 Å². The second-order valence-electron chi connectivity index (χ2n) is 7.04. The standard InChI is InChI=1S/C25H18FN3O4/c26-19-9-11-21(12-10-19)29-23(30)14-13-22(28-29)24(31)27-20-8-4-7-18(15-20)25(32)33-16-17-5-2-1-3-6-17/h1-15H,16H2,(H,27,31). The van der Waals surface area contributed by atoms with Crippen molar-refractivity contribution >= 4 is 17.6 Å². The number of aromatic nitrogens is 2. The number of benzene rings is 3. The summed E-state index contributed by atoms with van der Waals surface area (Å²) in [6.07, 6.45) is 0. The summed E-state index contributed by atoms with van der Waals surface area (Å²) in [6.45, 7) is 0.130. The van der Waals surface area contributed by atoms with Crippen LogP contribution in [0.2, 0.25) is 0 Å². The van der Waals surface area contributed by atoms with Crippen LogP contribution in [0, 0.1) is 5.82 Å². The van der Waals surface area contributed by atoms with E-state index in [4.69, 9.17) is 4.74 Å². The Bertz CT molecular complexity index is 1350. The highest BCUT2D eigenvalue weighted by molar-refractivity contribution is 6.03. The highest BCUT2D eigenvalue weighted by atomic mass is 19.1. The highest BCUT2D eigenvalue weighted by Crippen LogP contribution is 2.14. The van der Waals surface area contributed by atoms with Crippen molar-refractivity contribution in [1.82, 2.24) is 9.78 Å². The zero-order valence-corrected chi connectivity index (χ0v) is 17.3. The maximum Gasteiger partial charge on any atom is 0.338 e. The molecule has 0 unspecified atom stereocenters. The molecule has 1 N–H and O–H groups in total. The lowest BCUT2D eigenvalue weighted by Crippen LogP contribution is -2.25. The molecule has 0 saturated heterocycles. The highest BCUT2D eigenvalue weighted by Gasteiger charge is 2.13. The minimum Gasteiger partial charge on any atom is -0.457 e. The molecular weight excluding hydrogens is 425 g/mol. The predicted octanol–water partition coefficient (Wildman–Crippen LogP) is 3.98. The molecule has 8 heteroatoms. The molecule has 1 amide bonds. The third kappa shape index (κ3) is 5.37. The molecule has 3 aromatic carbocycles. The van der Waals surface area contributed by atoms with Crippen LogP contribution in [0.25, 0.3) is 5.69 Å². The van der Waals surface area contributed by atoms with E-state index < -0.39 is 23.3 Å². The number of halogens is 1. The van der Waals surface area contributed by atoms with Gasteiger partial charge in [0, 0.05) is 11.8 Å². The number of nitrogens with one attached hydrogen (secondary N) is 1. The number of nitrogens with zero attached hydrogens (tertiary/aromatic N) is 2. The zero-order chi connectivity index (χ0) is 23.2. The molecule has 7 nitrogen and oxygen atoms in total. The van der Waals surface area contributed by atoms with Crippen LogP contribution in [-0.2, 0) is 11.3 Å². The molecule has 4 rings (SSSR count). The first-order valence-corrected chi connectivity index (χ1v) is 9.98. The van der Waals surface area contributed by atoms with E-state index in [0.717, 1.165) is 10.2 Å². The number of hydrogen-bond donors (Lipinski definition) is 1. The Morgan fingerprint density at radius 1 is 0.909 bits per heavy atom. The van der Waals surface area contributed by atoms with Crippen molar-refractivity contribution in [3.63, 3.8) is 0 Å². The minimum atomic E-state index is -0.583. The number of ether oxygens (including phenoxy) is 1. The average Bonchev–Trinajstić information content (AvgIpc) is 2.84. The number of anilines is 1. The summed E-state index contributed by atoms with van der Waals surface area (Å²) in [5, 5.41) is 6.72. The Morgan fingerprint density at radius 3 is 2.42 bits per heavy atom. The Labute approximate surface area is 188 Å². The van der Waals surface area contributed by atoms with Crippen LogP contribution in [0.15, 0.2) is 95.8 Å². The lowest BCUT2D eigenvalue weighted by molar-refractivity contribution is 0.0472. The third-order valence-electron chi connectivity index (χ3n) is 4.67. The van der Waals surface area contributed by atoms with Gasteiger partial charge in [0.05, 0.1) is 11.3 Å². The Hall–Kier alpha value is -4.59. The van der Waals surface area contributed by atoms with E-state index >= 15 is 0 Å². The topological polar surface area (TPSA) is 90.3 Å². The SMILES string of the molecule is O=C(OCc1ccccc1)c1cccc(NC(=O)c2ccc(=O)n(-c3ccc(F)cc3)n2)c1. The summed E-state index contributed by atoms with van der Waals surface area (Å²) in [5.41, 5.74) is 1.30. The maximum atomic E-state index is 13.2. The molecule has 0 spiro atoms. The Balaban J connectivity index is 1.47. The molecule has 4 aromatic rings. The molecular formula is C25H18FN3O4. The lowest BCUT2D eigenvalue weighted by Gasteiger charge is -2.09. The number of amides is 1. The smallest absolute Gasteiger partial charge is 0.338 e. The summed E-state index contributed by atoms with van der Waals surface area (Å²) >= 11 is 0. The first-order valence-electron chi connectivity index (χ1n) is 9.98. The van der Waals surface area contributed by atoms with Gasteiger partial charge in [0.2, 0.25) is 0 Å². The van der Waals surface area contributed by atoms with Gasteiger partial charge in [-0.2, -0.15) is 9.78 Å². The van der Waals surface area contributed by atoms with Gasteiger partial charge < -0.3 is 10.1 Å². The van der Waals surface area contributed by atoms with Crippen molar-refractivity contribution < 1.29 is 18.7 Å². The van der Waals surface area contributed by atoms with Crippen molar-refractivity contribution in [1.29, 1.82) is 0 Å². The van der Waals surface area contributed by atoms with Gasteiger partial charge in [-0.25, -0.2) is 9.18 Å². The summed E-state index contributed by atoms with van der Waals surface area (Å²) in [4.78, 5) is 37.2. The largest absolute Gasteiger partial charge is 0.457 e. The Morgan fingerprint density at radius 2 is 1.67 bits per heavy atom. The van der Waals surface area contributed by atoms with Gasteiger partial charge in [-0.05, 0) is 54.1 Å². The fraction of sp³-hybridized carbons (Fsp3) is 0.0400. The molecule has 0 aliphatic carbocycles. The second kappa shape index (κ2) is 9.69.